The van der Waals surface area contributed by atoms with Crippen molar-refractivity contribution >= 4 is 6.08 Å². The fourth-order valence-corrected chi connectivity index (χ4v) is 3.87. The smallest absolute Gasteiger partial charge is 0.128 e. The molecule has 0 radical (unpaired) electrons. The zero-order valence-electron chi connectivity index (χ0n) is 11.3. The Morgan fingerprint density at radius 2 is 2.00 bits per heavy atom. The van der Waals surface area contributed by atoms with Gasteiger partial charge in [0.05, 0.1) is 19.3 Å². The number of fused-ring (bicyclic) bond motifs is 7. The van der Waals surface area contributed by atoms with Gasteiger partial charge in [-0.05, 0) is 11.6 Å². The van der Waals surface area contributed by atoms with Crippen LogP contribution in [0.5, 0.6) is 5.75 Å². The van der Waals surface area contributed by atoms with Crippen molar-refractivity contribution in [2.24, 2.45) is 5.92 Å². The molecule has 5 rings (SSSR count). The SMILES string of the molecule is Oc1cccc2c1C=CC1C3OC3COCC3OC3C21O. The molecule has 1 aromatic rings. The van der Waals surface area contributed by atoms with Crippen LogP contribution in [0.15, 0.2) is 24.3 Å². The van der Waals surface area contributed by atoms with Gasteiger partial charge in [0.2, 0.25) is 0 Å². The molecule has 2 N–H and O–H groups in total. The van der Waals surface area contributed by atoms with E-state index in [9.17, 15) is 10.2 Å². The Morgan fingerprint density at radius 3 is 2.90 bits per heavy atom. The van der Waals surface area contributed by atoms with Crippen LogP contribution in [0.25, 0.3) is 6.08 Å². The summed E-state index contributed by atoms with van der Waals surface area (Å²) >= 11 is 0. The average molecular weight is 288 g/mol. The molecule has 4 aliphatic rings. The number of aromatic hydroxyl groups is 1. The topological polar surface area (TPSA) is 74.8 Å². The lowest BCUT2D eigenvalue weighted by Crippen LogP contribution is -2.45. The minimum atomic E-state index is -1.17. The molecule has 3 saturated heterocycles. The van der Waals surface area contributed by atoms with Crippen LogP contribution in [0.2, 0.25) is 0 Å². The first-order valence-corrected chi connectivity index (χ1v) is 7.31. The highest BCUT2D eigenvalue weighted by atomic mass is 16.6. The maximum atomic E-state index is 11.5. The van der Waals surface area contributed by atoms with Crippen LogP contribution in [0.4, 0.5) is 0 Å². The van der Waals surface area contributed by atoms with Crippen LogP contribution in [0, 0.1) is 5.92 Å². The van der Waals surface area contributed by atoms with Crippen molar-refractivity contribution in [2.45, 2.75) is 30.0 Å². The maximum absolute atomic E-state index is 11.5. The average Bonchev–Trinajstić information content (AvgIpc) is 3.36. The predicted molar refractivity (Wildman–Crippen MR) is 72.7 cm³/mol. The minimum Gasteiger partial charge on any atom is -0.507 e. The highest BCUT2D eigenvalue weighted by molar-refractivity contribution is 5.66. The molecule has 0 saturated carbocycles. The number of hydrogen-bond donors (Lipinski definition) is 2. The van der Waals surface area contributed by atoms with E-state index in [1.165, 1.54) is 0 Å². The van der Waals surface area contributed by atoms with E-state index in [0.29, 0.717) is 18.8 Å². The van der Waals surface area contributed by atoms with Crippen LogP contribution < -0.4 is 0 Å². The number of hydrogen-bond acceptors (Lipinski definition) is 5. The van der Waals surface area contributed by atoms with Gasteiger partial charge in [-0.2, -0.15) is 0 Å². The minimum absolute atomic E-state index is 0.0440. The molecular weight excluding hydrogens is 272 g/mol. The Morgan fingerprint density at radius 1 is 1.14 bits per heavy atom. The molecule has 3 heterocycles. The molecule has 110 valence electrons. The van der Waals surface area contributed by atoms with E-state index in [1.54, 1.807) is 12.1 Å². The van der Waals surface area contributed by atoms with Gasteiger partial charge in [-0.25, -0.2) is 0 Å². The first-order chi connectivity index (χ1) is 10.2. The molecule has 5 heteroatoms. The molecule has 5 nitrogen and oxygen atoms in total. The maximum Gasteiger partial charge on any atom is 0.128 e. The standard InChI is InChI=1S/C16H16O5/c17-11-3-1-2-9-8(11)4-5-10-14-12(20-14)6-19-7-13-15(21-13)16(9,10)18/h1-5,10,12-15,17-18H,6-7H2. The summed E-state index contributed by atoms with van der Waals surface area (Å²) in [4.78, 5) is 0. The molecule has 21 heavy (non-hydrogen) atoms. The molecular formula is C16H16O5. The molecule has 0 aromatic heterocycles. The third-order valence-electron chi connectivity index (χ3n) is 5.05. The van der Waals surface area contributed by atoms with E-state index in [-0.39, 0.29) is 36.1 Å². The normalized spacial score (nSPS) is 46.0. The Labute approximate surface area is 121 Å². The second kappa shape index (κ2) is 3.87. The van der Waals surface area contributed by atoms with Gasteiger partial charge in [-0.3, -0.25) is 0 Å². The lowest BCUT2D eigenvalue weighted by molar-refractivity contribution is -0.0412. The summed E-state index contributed by atoms with van der Waals surface area (Å²) in [6.07, 6.45) is 3.41. The first kappa shape index (κ1) is 12.2. The second-order valence-electron chi connectivity index (χ2n) is 6.22. The van der Waals surface area contributed by atoms with Crippen LogP contribution in [-0.2, 0) is 19.8 Å². The lowest BCUT2D eigenvalue weighted by atomic mass is 9.70. The molecule has 1 aliphatic carbocycles. The molecule has 0 bridgehead atoms. The van der Waals surface area contributed by atoms with Gasteiger partial charge in [0, 0.05) is 11.5 Å². The summed E-state index contributed by atoms with van der Waals surface area (Å²) in [7, 11) is 0. The zero-order valence-corrected chi connectivity index (χ0v) is 11.3. The predicted octanol–water partition coefficient (Wildman–Crippen LogP) is 0.788. The van der Waals surface area contributed by atoms with Gasteiger partial charge in [-0.1, -0.05) is 24.3 Å². The molecule has 1 aromatic carbocycles. The Balaban J connectivity index is 1.68. The van der Waals surface area contributed by atoms with E-state index in [0.717, 1.165) is 5.56 Å². The van der Waals surface area contributed by atoms with Gasteiger partial charge in [0.15, 0.2) is 0 Å². The van der Waals surface area contributed by atoms with Crippen molar-refractivity contribution in [3.05, 3.63) is 35.4 Å². The summed E-state index contributed by atoms with van der Waals surface area (Å²) in [6.45, 7) is 1.02. The van der Waals surface area contributed by atoms with Gasteiger partial charge in [0.1, 0.15) is 29.7 Å². The highest BCUT2D eigenvalue weighted by Crippen LogP contribution is 2.54. The van der Waals surface area contributed by atoms with E-state index in [2.05, 4.69) is 0 Å². The van der Waals surface area contributed by atoms with Crippen molar-refractivity contribution in [3.63, 3.8) is 0 Å². The van der Waals surface area contributed by atoms with Crippen molar-refractivity contribution in [1.82, 2.24) is 0 Å². The summed E-state index contributed by atoms with van der Waals surface area (Å²) in [6, 6.07) is 5.25. The van der Waals surface area contributed by atoms with Crippen LogP contribution in [0.1, 0.15) is 11.1 Å². The number of rotatable bonds is 0. The fraction of sp³-hybridized carbons (Fsp3) is 0.500. The lowest BCUT2D eigenvalue weighted by Gasteiger charge is -2.37. The molecule has 6 atom stereocenters. The van der Waals surface area contributed by atoms with Crippen LogP contribution in [0.3, 0.4) is 0 Å². The van der Waals surface area contributed by atoms with Crippen LogP contribution >= 0.6 is 0 Å². The van der Waals surface area contributed by atoms with Gasteiger partial charge in [0.25, 0.3) is 0 Å². The third-order valence-corrected chi connectivity index (χ3v) is 5.05. The summed E-state index contributed by atoms with van der Waals surface area (Å²) < 4.78 is 17.0. The summed E-state index contributed by atoms with van der Waals surface area (Å²) in [5.41, 5.74) is 0.224. The van der Waals surface area contributed by atoms with E-state index < -0.39 is 5.60 Å². The van der Waals surface area contributed by atoms with Crippen molar-refractivity contribution in [3.8, 4) is 5.75 Å². The Bertz CT molecular complexity index is 642. The third kappa shape index (κ3) is 1.54. The van der Waals surface area contributed by atoms with Crippen molar-refractivity contribution in [1.29, 1.82) is 0 Å². The number of aliphatic hydroxyl groups is 1. The molecule has 0 spiro atoms. The molecule has 0 amide bonds. The second-order valence-corrected chi connectivity index (χ2v) is 6.22. The number of phenolic OH excluding ortho intramolecular Hbond substituents is 1. The monoisotopic (exact) mass is 288 g/mol. The highest BCUT2D eigenvalue weighted by Gasteiger charge is 2.65. The van der Waals surface area contributed by atoms with E-state index in [1.807, 2.05) is 18.2 Å². The van der Waals surface area contributed by atoms with E-state index >= 15 is 0 Å². The van der Waals surface area contributed by atoms with Gasteiger partial charge >= 0.3 is 0 Å². The van der Waals surface area contributed by atoms with Gasteiger partial charge in [-0.15, -0.1) is 0 Å². The number of epoxide rings is 2. The molecule has 3 aliphatic heterocycles. The Kier molecular flexibility index (Phi) is 2.24. The van der Waals surface area contributed by atoms with E-state index in [4.69, 9.17) is 14.2 Å². The summed E-state index contributed by atoms with van der Waals surface area (Å²) in [5, 5.41) is 21.5. The number of phenols is 1. The van der Waals surface area contributed by atoms with Crippen molar-refractivity contribution in [2.75, 3.05) is 13.2 Å². The quantitative estimate of drug-likeness (QED) is 0.690. The first-order valence-electron chi connectivity index (χ1n) is 7.31. The fourth-order valence-electron chi connectivity index (χ4n) is 3.87. The number of ether oxygens (including phenoxy) is 3. The molecule has 3 fully saturated rings. The zero-order chi connectivity index (χ0) is 14.2. The summed E-state index contributed by atoms with van der Waals surface area (Å²) in [5.74, 6) is 0.00529. The molecule has 6 unspecified atom stereocenters. The largest absolute Gasteiger partial charge is 0.507 e. The Hall–Kier alpha value is -1.40. The van der Waals surface area contributed by atoms with Gasteiger partial charge < -0.3 is 24.4 Å². The van der Waals surface area contributed by atoms with Crippen LogP contribution in [-0.4, -0.2) is 47.8 Å². The number of benzene rings is 1. The van der Waals surface area contributed by atoms with Crippen molar-refractivity contribution < 1.29 is 24.4 Å².